The van der Waals surface area contributed by atoms with E-state index in [4.69, 9.17) is 0 Å². The van der Waals surface area contributed by atoms with Gasteiger partial charge in [-0.2, -0.15) is 0 Å². The van der Waals surface area contributed by atoms with Crippen LogP contribution in [0.2, 0.25) is 0 Å². The van der Waals surface area contributed by atoms with Gasteiger partial charge in [0.05, 0.1) is 16.6 Å². The summed E-state index contributed by atoms with van der Waals surface area (Å²) >= 11 is 0. The molecule has 0 radical (unpaired) electrons. The van der Waals surface area contributed by atoms with Crippen LogP contribution in [0.4, 0.5) is 4.39 Å². The zero-order valence-electron chi connectivity index (χ0n) is 11.2. The molecule has 6 heteroatoms. The van der Waals surface area contributed by atoms with Crippen LogP contribution in [0.3, 0.4) is 0 Å². The molecule has 2 aromatic rings. The Kier molecular flexibility index (Phi) is 4.15. The molecule has 4 nitrogen and oxygen atoms in total. The number of benzene rings is 1. The summed E-state index contributed by atoms with van der Waals surface area (Å²) in [6, 6.07) is 8.59. The lowest BCUT2D eigenvalue weighted by molar-refractivity contribution is 0.560. The number of hydrogen-bond donors (Lipinski definition) is 1. The number of nitrogens with zero attached hydrogens (tertiary/aromatic N) is 1. The predicted octanol–water partition coefficient (Wildman–Crippen LogP) is 2.57. The Morgan fingerprint density at radius 2 is 2.00 bits per heavy atom. The Hall–Kier alpha value is -1.79. The van der Waals surface area contributed by atoms with Crippen molar-refractivity contribution < 1.29 is 12.8 Å². The fourth-order valence-corrected chi connectivity index (χ4v) is 2.96. The molecule has 0 aliphatic carbocycles. The molecular formula is C14H15FN2O2S. The molecule has 0 spiro atoms. The molecule has 1 aromatic carbocycles. The van der Waals surface area contributed by atoms with Crippen molar-refractivity contribution in [1.82, 2.24) is 9.71 Å². The lowest BCUT2D eigenvalue weighted by Gasteiger charge is -2.14. The molecule has 0 saturated heterocycles. The van der Waals surface area contributed by atoms with Gasteiger partial charge in [0.15, 0.2) is 0 Å². The second-order valence-electron chi connectivity index (χ2n) is 4.51. The van der Waals surface area contributed by atoms with Gasteiger partial charge < -0.3 is 0 Å². The molecule has 1 atom stereocenters. The maximum atomic E-state index is 13.5. The van der Waals surface area contributed by atoms with Crippen LogP contribution in [-0.2, 0) is 10.0 Å². The third kappa shape index (κ3) is 3.20. The molecule has 1 aromatic heterocycles. The summed E-state index contributed by atoms with van der Waals surface area (Å²) in [4.78, 5) is 3.99. The summed E-state index contributed by atoms with van der Waals surface area (Å²) in [6.45, 7) is 3.26. The van der Waals surface area contributed by atoms with Crippen LogP contribution in [0.25, 0.3) is 0 Å². The minimum Gasteiger partial charge on any atom is -0.260 e. The number of pyridine rings is 1. The van der Waals surface area contributed by atoms with E-state index in [-0.39, 0.29) is 4.90 Å². The molecule has 1 heterocycles. The van der Waals surface area contributed by atoms with Gasteiger partial charge in [-0.15, -0.1) is 0 Å². The van der Waals surface area contributed by atoms with E-state index in [9.17, 15) is 12.8 Å². The van der Waals surface area contributed by atoms with E-state index in [2.05, 4.69) is 9.71 Å². The standard InChI is InChI=1S/C14H15FN2O2S/c1-10-6-7-12(9-13(10)15)20(18,19)17-11(2)14-5-3-4-8-16-14/h3-9,11,17H,1-2H3. The summed E-state index contributed by atoms with van der Waals surface area (Å²) in [5.41, 5.74) is 1.00. The van der Waals surface area contributed by atoms with Crippen LogP contribution < -0.4 is 4.72 Å². The van der Waals surface area contributed by atoms with Crippen molar-refractivity contribution in [3.8, 4) is 0 Å². The van der Waals surface area contributed by atoms with Crippen molar-refractivity contribution in [2.45, 2.75) is 24.8 Å². The van der Waals surface area contributed by atoms with E-state index in [0.29, 0.717) is 11.3 Å². The number of hydrogen-bond acceptors (Lipinski definition) is 3. The van der Waals surface area contributed by atoms with Gasteiger partial charge in [-0.05, 0) is 43.7 Å². The van der Waals surface area contributed by atoms with Crippen molar-refractivity contribution in [2.24, 2.45) is 0 Å². The van der Waals surface area contributed by atoms with Crippen LogP contribution in [0.1, 0.15) is 24.2 Å². The van der Waals surface area contributed by atoms with Crippen LogP contribution >= 0.6 is 0 Å². The fourth-order valence-electron chi connectivity index (χ4n) is 1.73. The maximum absolute atomic E-state index is 13.5. The first-order valence-electron chi connectivity index (χ1n) is 6.09. The normalized spacial score (nSPS) is 13.2. The summed E-state index contributed by atoms with van der Waals surface area (Å²) in [6.07, 6.45) is 1.59. The minimum atomic E-state index is -3.78. The van der Waals surface area contributed by atoms with E-state index in [1.807, 2.05) is 0 Å². The molecule has 1 unspecified atom stereocenters. The van der Waals surface area contributed by atoms with Crippen LogP contribution in [0, 0.1) is 12.7 Å². The van der Waals surface area contributed by atoms with Gasteiger partial charge in [-0.25, -0.2) is 17.5 Å². The van der Waals surface area contributed by atoms with E-state index in [1.54, 1.807) is 38.2 Å². The molecule has 0 bridgehead atoms. The number of rotatable bonds is 4. The average molecular weight is 294 g/mol. The van der Waals surface area contributed by atoms with Gasteiger partial charge in [0.2, 0.25) is 10.0 Å². The first-order chi connectivity index (χ1) is 9.40. The third-order valence-electron chi connectivity index (χ3n) is 2.92. The molecular weight excluding hydrogens is 279 g/mol. The van der Waals surface area contributed by atoms with Gasteiger partial charge in [0.25, 0.3) is 0 Å². The highest BCUT2D eigenvalue weighted by atomic mass is 32.2. The van der Waals surface area contributed by atoms with Crippen molar-refractivity contribution in [3.63, 3.8) is 0 Å². The highest BCUT2D eigenvalue weighted by Crippen LogP contribution is 2.17. The molecule has 0 saturated carbocycles. The van der Waals surface area contributed by atoms with E-state index in [1.165, 1.54) is 12.1 Å². The number of aromatic nitrogens is 1. The SMILES string of the molecule is Cc1ccc(S(=O)(=O)NC(C)c2ccccn2)cc1F. The number of halogens is 1. The molecule has 0 aliphatic rings. The van der Waals surface area contributed by atoms with Gasteiger partial charge in [-0.3, -0.25) is 4.98 Å². The average Bonchev–Trinajstić information content (AvgIpc) is 2.42. The second-order valence-corrected chi connectivity index (χ2v) is 6.22. The first-order valence-corrected chi connectivity index (χ1v) is 7.58. The Morgan fingerprint density at radius 1 is 1.25 bits per heavy atom. The van der Waals surface area contributed by atoms with Crippen molar-refractivity contribution in [3.05, 3.63) is 59.7 Å². The van der Waals surface area contributed by atoms with Gasteiger partial charge in [0.1, 0.15) is 5.82 Å². The van der Waals surface area contributed by atoms with E-state index >= 15 is 0 Å². The summed E-state index contributed by atoms with van der Waals surface area (Å²) in [5, 5.41) is 0. The van der Waals surface area contributed by atoms with Crippen LogP contribution in [0.5, 0.6) is 0 Å². The highest BCUT2D eigenvalue weighted by Gasteiger charge is 2.19. The van der Waals surface area contributed by atoms with Crippen LogP contribution in [-0.4, -0.2) is 13.4 Å². The zero-order chi connectivity index (χ0) is 14.8. The predicted molar refractivity (Wildman–Crippen MR) is 74.1 cm³/mol. The van der Waals surface area contributed by atoms with E-state index < -0.39 is 21.9 Å². The van der Waals surface area contributed by atoms with Crippen molar-refractivity contribution >= 4 is 10.0 Å². The largest absolute Gasteiger partial charge is 0.260 e. The van der Waals surface area contributed by atoms with Gasteiger partial charge in [-0.1, -0.05) is 12.1 Å². The molecule has 106 valence electrons. The molecule has 20 heavy (non-hydrogen) atoms. The number of aryl methyl sites for hydroxylation is 1. The Labute approximate surface area is 117 Å². The summed E-state index contributed by atoms with van der Waals surface area (Å²) in [5.74, 6) is -0.543. The summed E-state index contributed by atoms with van der Waals surface area (Å²) < 4.78 is 40.3. The lowest BCUT2D eigenvalue weighted by Crippen LogP contribution is -2.27. The smallest absolute Gasteiger partial charge is 0.241 e. The minimum absolute atomic E-state index is 0.0941. The number of nitrogens with one attached hydrogen (secondary N) is 1. The molecule has 1 N–H and O–H groups in total. The third-order valence-corrected chi connectivity index (χ3v) is 4.46. The van der Waals surface area contributed by atoms with E-state index in [0.717, 1.165) is 6.07 Å². The quantitative estimate of drug-likeness (QED) is 0.943. The topological polar surface area (TPSA) is 59.1 Å². The van der Waals surface area contributed by atoms with Gasteiger partial charge in [0, 0.05) is 6.20 Å². The molecule has 0 amide bonds. The van der Waals surface area contributed by atoms with Crippen molar-refractivity contribution in [1.29, 1.82) is 0 Å². The van der Waals surface area contributed by atoms with Crippen molar-refractivity contribution in [2.75, 3.05) is 0 Å². The lowest BCUT2D eigenvalue weighted by atomic mass is 10.2. The first kappa shape index (κ1) is 14.6. The Bertz CT molecular complexity index is 702. The zero-order valence-corrected chi connectivity index (χ0v) is 12.0. The fraction of sp³-hybridized carbons (Fsp3) is 0.214. The van der Waals surface area contributed by atoms with Crippen LogP contribution in [0.15, 0.2) is 47.5 Å². The molecule has 0 fully saturated rings. The highest BCUT2D eigenvalue weighted by molar-refractivity contribution is 7.89. The molecule has 0 aliphatic heterocycles. The molecule has 2 rings (SSSR count). The Morgan fingerprint density at radius 3 is 2.60 bits per heavy atom. The number of sulfonamides is 1. The Balaban J connectivity index is 2.25. The second kappa shape index (κ2) is 5.68. The van der Waals surface area contributed by atoms with Gasteiger partial charge >= 0.3 is 0 Å². The maximum Gasteiger partial charge on any atom is 0.241 e. The summed E-state index contributed by atoms with van der Waals surface area (Å²) in [7, 11) is -3.78. The monoisotopic (exact) mass is 294 g/mol.